The Kier molecular flexibility index (Phi) is 7.77. The highest BCUT2D eigenvalue weighted by Gasteiger charge is 2.58. The third-order valence-electron chi connectivity index (χ3n) is 6.53. The number of rotatable bonds is 4. The van der Waals surface area contributed by atoms with Crippen LogP contribution in [-0.2, 0) is 4.79 Å². The topological polar surface area (TPSA) is 45.2 Å². The number of carbonyl (C=O) groups is 1. The maximum absolute atomic E-state index is 13.1. The smallest absolute Gasteiger partial charge is 0.226 e. The lowest BCUT2D eigenvalue weighted by molar-refractivity contribution is -0.134. The Morgan fingerprint density at radius 1 is 1.21 bits per heavy atom. The zero-order valence-corrected chi connectivity index (χ0v) is 20.0. The molecular formula is C22H31Cl2N3OS. The fraction of sp³-hybridized carbons (Fsp3) is 0.545. The lowest BCUT2D eigenvalue weighted by Gasteiger charge is -2.28. The van der Waals surface area contributed by atoms with Gasteiger partial charge in [-0.25, -0.2) is 4.98 Å². The first-order chi connectivity index (χ1) is 12.9. The Morgan fingerprint density at radius 3 is 2.45 bits per heavy atom. The van der Waals surface area contributed by atoms with Crippen molar-refractivity contribution in [3.05, 3.63) is 40.4 Å². The van der Waals surface area contributed by atoms with Crippen LogP contribution in [-0.4, -0.2) is 35.9 Å². The number of benzene rings is 1. The van der Waals surface area contributed by atoms with Crippen LogP contribution >= 0.6 is 36.2 Å². The maximum Gasteiger partial charge on any atom is 0.226 e. The van der Waals surface area contributed by atoms with Crippen LogP contribution in [0, 0.1) is 25.2 Å². The fourth-order valence-corrected chi connectivity index (χ4v) is 5.57. The normalized spacial score (nSPS) is 20.3. The summed E-state index contributed by atoms with van der Waals surface area (Å²) in [6, 6.07) is 8.56. The molecule has 1 aromatic carbocycles. The van der Waals surface area contributed by atoms with Crippen molar-refractivity contribution in [3.8, 4) is 10.6 Å². The maximum atomic E-state index is 13.1. The zero-order valence-electron chi connectivity index (χ0n) is 17.5. The van der Waals surface area contributed by atoms with Gasteiger partial charge in [-0.3, -0.25) is 4.79 Å². The second-order valence-corrected chi connectivity index (χ2v) is 9.36. The molecule has 29 heavy (non-hydrogen) atoms. The fourth-order valence-electron chi connectivity index (χ4n) is 4.40. The number of aryl methyl sites for hydroxylation is 2. The van der Waals surface area contributed by atoms with E-state index in [0.717, 1.165) is 48.6 Å². The van der Waals surface area contributed by atoms with E-state index in [9.17, 15) is 4.79 Å². The van der Waals surface area contributed by atoms with Gasteiger partial charge in [-0.2, -0.15) is 0 Å². The summed E-state index contributed by atoms with van der Waals surface area (Å²) in [5, 5.41) is 4.45. The summed E-state index contributed by atoms with van der Waals surface area (Å²) in [5.74, 6) is 0.533. The molecule has 7 heteroatoms. The predicted octanol–water partition coefficient (Wildman–Crippen LogP) is 5.18. The van der Waals surface area contributed by atoms with Gasteiger partial charge in [-0.05, 0) is 58.5 Å². The predicted molar refractivity (Wildman–Crippen MR) is 125 cm³/mol. The van der Waals surface area contributed by atoms with Crippen LogP contribution in [0.25, 0.3) is 10.6 Å². The highest BCUT2D eigenvalue weighted by atomic mass is 35.5. The standard InChI is InChI=1S/C22H29N3OS.2ClH/c1-14-5-7-17(8-6-14)20-24-15(2)19(27-20)16(3)25(4)21(26)18-13-22(18)9-11-23-12-10-22;;/h5-8,16,18,23H,9-13H2,1-4H3;2*1H. The molecule has 1 aliphatic heterocycles. The van der Waals surface area contributed by atoms with Crippen molar-refractivity contribution in [1.82, 2.24) is 15.2 Å². The molecule has 2 heterocycles. The monoisotopic (exact) mass is 455 g/mol. The van der Waals surface area contributed by atoms with Crippen molar-refractivity contribution >= 4 is 42.1 Å². The molecule has 2 atom stereocenters. The van der Waals surface area contributed by atoms with Crippen molar-refractivity contribution < 1.29 is 4.79 Å². The number of halogens is 2. The summed E-state index contributed by atoms with van der Waals surface area (Å²) in [5.41, 5.74) is 3.72. The number of aromatic nitrogens is 1. The van der Waals surface area contributed by atoms with Gasteiger partial charge in [0.25, 0.3) is 0 Å². The largest absolute Gasteiger partial charge is 0.338 e. The van der Waals surface area contributed by atoms with E-state index < -0.39 is 0 Å². The number of amides is 1. The molecule has 4 nitrogen and oxygen atoms in total. The Balaban J connectivity index is 0.00000150. The molecule has 1 N–H and O–H groups in total. The number of hydrogen-bond acceptors (Lipinski definition) is 4. The summed E-state index contributed by atoms with van der Waals surface area (Å²) < 4.78 is 0. The van der Waals surface area contributed by atoms with Crippen molar-refractivity contribution in [2.45, 2.75) is 46.1 Å². The number of nitrogens with one attached hydrogen (secondary N) is 1. The first kappa shape index (κ1) is 24.1. The molecule has 160 valence electrons. The molecule has 2 fully saturated rings. The van der Waals surface area contributed by atoms with Crippen molar-refractivity contribution in [2.75, 3.05) is 20.1 Å². The van der Waals surface area contributed by atoms with Gasteiger partial charge in [-0.1, -0.05) is 29.8 Å². The van der Waals surface area contributed by atoms with Crippen LogP contribution in [0.4, 0.5) is 0 Å². The summed E-state index contributed by atoms with van der Waals surface area (Å²) in [4.78, 5) is 21.1. The first-order valence-electron chi connectivity index (χ1n) is 9.93. The van der Waals surface area contributed by atoms with E-state index in [-0.39, 0.29) is 42.2 Å². The quantitative estimate of drug-likeness (QED) is 0.690. The Morgan fingerprint density at radius 2 is 1.83 bits per heavy atom. The van der Waals surface area contributed by atoms with Crippen LogP contribution < -0.4 is 5.32 Å². The zero-order chi connectivity index (χ0) is 19.2. The van der Waals surface area contributed by atoms with E-state index in [2.05, 4.69) is 50.4 Å². The van der Waals surface area contributed by atoms with Crippen molar-refractivity contribution in [1.29, 1.82) is 0 Å². The van der Waals surface area contributed by atoms with E-state index >= 15 is 0 Å². The lowest BCUT2D eigenvalue weighted by atomic mass is 9.91. The highest BCUT2D eigenvalue weighted by Crippen LogP contribution is 2.59. The van der Waals surface area contributed by atoms with Crippen molar-refractivity contribution in [3.63, 3.8) is 0 Å². The molecule has 1 saturated carbocycles. The minimum atomic E-state index is 0. The van der Waals surface area contributed by atoms with Gasteiger partial charge in [-0.15, -0.1) is 36.2 Å². The van der Waals surface area contributed by atoms with Gasteiger partial charge in [0.15, 0.2) is 0 Å². The molecule has 2 unspecified atom stereocenters. The van der Waals surface area contributed by atoms with Gasteiger partial charge >= 0.3 is 0 Å². The molecule has 0 radical (unpaired) electrons. The molecule has 1 spiro atoms. The highest BCUT2D eigenvalue weighted by molar-refractivity contribution is 7.15. The van der Waals surface area contributed by atoms with Gasteiger partial charge < -0.3 is 10.2 Å². The number of hydrogen-bond donors (Lipinski definition) is 1. The van der Waals surface area contributed by atoms with E-state index in [0.29, 0.717) is 5.91 Å². The Hall–Kier alpha value is -1.14. The van der Waals surface area contributed by atoms with Crippen LogP contribution in [0.5, 0.6) is 0 Å². The van der Waals surface area contributed by atoms with E-state index in [1.54, 1.807) is 11.3 Å². The minimum Gasteiger partial charge on any atom is -0.338 e. The Labute approximate surface area is 190 Å². The number of piperidine rings is 1. The van der Waals surface area contributed by atoms with E-state index in [4.69, 9.17) is 4.98 Å². The SMILES string of the molecule is Cc1ccc(-c2nc(C)c(C(C)N(C)C(=O)C3CC34CCNCC4)s2)cc1.Cl.Cl. The second-order valence-electron chi connectivity index (χ2n) is 8.33. The average molecular weight is 456 g/mol. The van der Waals surface area contributed by atoms with Crippen LogP contribution in [0.3, 0.4) is 0 Å². The van der Waals surface area contributed by atoms with Gasteiger partial charge in [0.2, 0.25) is 5.91 Å². The van der Waals surface area contributed by atoms with E-state index in [1.165, 1.54) is 10.4 Å². The lowest BCUT2D eigenvalue weighted by Crippen LogP contribution is -2.35. The van der Waals surface area contributed by atoms with E-state index in [1.807, 2.05) is 11.9 Å². The number of thiazole rings is 1. The second kappa shape index (κ2) is 9.34. The molecule has 2 aromatic rings. The first-order valence-corrected chi connectivity index (χ1v) is 10.7. The summed E-state index contributed by atoms with van der Waals surface area (Å²) >= 11 is 1.72. The number of carbonyl (C=O) groups excluding carboxylic acids is 1. The van der Waals surface area contributed by atoms with Gasteiger partial charge in [0.05, 0.1) is 16.6 Å². The average Bonchev–Trinajstić information content (AvgIpc) is 3.21. The molecule has 2 aliphatic rings. The minimum absolute atomic E-state index is 0. The van der Waals surface area contributed by atoms with Crippen molar-refractivity contribution in [2.24, 2.45) is 11.3 Å². The third-order valence-corrected chi connectivity index (χ3v) is 7.90. The number of nitrogens with zero attached hydrogens (tertiary/aromatic N) is 2. The molecule has 1 saturated heterocycles. The molecule has 4 rings (SSSR count). The molecule has 1 aromatic heterocycles. The molecule has 1 amide bonds. The summed E-state index contributed by atoms with van der Waals surface area (Å²) in [7, 11) is 1.96. The van der Waals surface area contributed by atoms with Gasteiger partial charge in [0, 0.05) is 18.5 Å². The van der Waals surface area contributed by atoms with Crippen LogP contribution in [0.2, 0.25) is 0 Å². The molecular weight excluding hydrogens is 425 g/mol. The van der Waals surface area contributed by atoms with Crippen LogP contribution in [0.15, 0.2) is 24.3 Å². The molecule has 0 bridgehead atoms. The van der Waals surface area contributed by atoms with Gasteiger partial charge in [0.1, 0.15) is 5.01 Å². The summed E-state index contributed by atoms with van der Waals surface area (Å²) in [6.07, 6.45) is 3.35. The molecule has 1 aliphatic carbocycles. The van der Waals surface area contributed by atoms with Crippen LogP contribution in [0.1, 0.15) is 48.4 Å². The Bertz CT molecular complexity index is 846. The third kappa shape index (κ3) is 4.63. The summed E-state index contributed by atoms with van der Waals surface area (Å²) in [6.45, 7) is 8.39.